The van der Waals surface area contributed by atoms with E-state index >= 15 is 0 Å². The van der Waals surface area contributed by atoms with Crippen LogP contribution in [-0.2, 0) is 24.5 Å². The minimum Gasteiger partial charge on any atom is -0.460 e. The maximum Gasteiger partial charge on any atom is 0.311 e. The molecule has 1 spiro atoms. The van der Waals surface area contributed by atoms with E-state index in [1.165, 1.54) is 0 Å². The molecule has 0 radical (unpaired) electrons. The van der Waals surface area contributed by atoms with Crippen LogP contribution >= 0.6 is 0 Å². The summed E-state index contributed by atoms with van der Waals surface area (Å²) >= 11 is 0. The Morgan fingerprint density at radius 2 is 1.88 bits per heavy atom. The molecule has 2 aliphatic rings. The van der Waals surface area contributed by atoms with E-state index in [-0.39, 0.29) is 11.8 Å². The summed E-state index contributed by atoms with van der Waals surface area (Å²) in [5, 5.41) is 2.91. The largest absolute Gasteiger partial charge is 0.460 e. The van der Waals surface area contributed by atoms with Crippen molar-refractivity contribution in [3.05, 3.63) is 41.5 Å². The first-order chi connectivity index (χ1) is 12.1. The number of anilines is 1. The molecule has 0 saturated carbocycles. The first kappa shape index (κ1) is 18.4. The molecule has 138 valence electrons. The summed E-state index contributed by atoms with van der Waals surface area (Å²) in [4.78, 5) is 38.1. The second-order valence-electron chi connectivity index (χ2n) is 8.25. The molecule has 1 aromatic carbocycles. The molecule has 26 heavy (non-hydrogen) atoms. The van der Waals surface area contributed by atoms with E-state index in [1.807, 2.05) is 58.9 Å². The molecule has 4 atom stereocenters. The second kappa shape index (κ2) is 6.08. The molecule has 1 aliphatic heterocycles. The molecule has 0 bridgehead atoms. The van der Waals surface area contributed by atoms with Crippen molar-refractivity contribution in [1.82, 2.24) is 0 Å². The molecule has 1 aromatic rings. The van der Waals surface area contributed by atoms with Crippen molar-refractivity contribution >= 4 is 23.9 Å². The molecule has 1 amide bonds. The Morgan fingerprint density at radius 1 is 1.23 bits per heavy atom. The van der Waals surface area contributed by atoms with E-state index in [9.17, 15) is 14.4 Å². The highest BCUT2D eigenvalue weighted by Gasteiger charge is 2.62. The van der Waals surface area contributed by atoms with Gasteiger partial charge in [-0.05, 0) is 43.9 Å². The fourth-order valence-electron chi connectivity index (χ4n) is 4.44. The highest BCUT2D eigenvalue weighted by atomic mass is 16.6. The molecule has 0 fully saturated rings. The van der Waals surface area contributed by atoms with Crippen molar-refractivity contribution < 1.29 is 19.1 Å². The zero-order chi connectivity index (χ0) is 19.3. The molecular formula is C21H25NO4. The van der Waals surface area contributed by atoms with Crippen LogP contribution in [0.2, 0.25) is 0 Å². The van der Waals surface area contributed by atoms with Crippen LogP contribution in [-0.4, -0.2) is 23.8 Å². The summed E-state index contributed by atoms with van der Waals surface area (Å²) in [6, 6.07) is 7.38. The number of carbonyl (C=O) groups excluding carboxylic acids is 3. The SMILES string of the molecule is C[C@H]1C=C(C=O)[C@H](C)[C@]2(C(=O)Nc3ccccc32)[C@@H]1C(=O)OC(C)(C)C. The third-order valence-electron chi connectivity index (χ3n) is 5.45. The topological polar surface area (TPSA) is 72.5 Å². The van der Waals surface area contributed by atoms with Crippen LogP contribution in [0.4, 0.5) is 5.69 Å². The average Bonchev–Trinajstić information content (AvgIpc) is 2.82. The molecule has 5 nitrogen and oxygen atoms in total. The van der Waals surface area contributed by atoms with Gasteiger partial charge in [-0.2, -0.15) is 0 Å². The van der Waals surface area contributed by atoms with Crippen LogP contribution in [0.15, 0.2) is 35.9 Å². The zero-order valence-corrected chi connectivity index (χ0v) is 15.8. The maximum absolute atomic E-state index is 13.2. The Morgan fingerprint density at radius 3 is 2.50 bits per heavy atom. The number of rotatable bonds is 2. The van der Waals surface area contributed by atoms with Crippen molar-refractivity contribution in [2.75, 3.05) is 5.32 Å². The lowest BCUT2D eigenvalue weighted by Gasteiger charge is -2.45. The van der Waals surface area contributed by atoms with Gasteiger partial charge in [-0.15, -0.1) is 0 Å². The normalized spacial score (nSPS) is 30.4. The van der Waals surface area contributed by atoms with Gasteiger partial charge in [-0.1, -0.05) is 38.1 Å². The zero-order valence-electron chi connectivity index (χ0n) is 15.8. The summed E-state index contributed by atoms with van der Waals surface area (Å²) in [5.74, 6) is -2.11. The van der Waals surface area contributed by atoms with Gasteiger partial charge in [0.15, 0.2) is 0 Å². The summed E-state index contributed by atoms with van der Waals surface area (Å²) in [7, 11) is 0. The summed E-state index contributed by atoms with van der Waals surface area (Å²) in [6.07, 6.45) is 2.59. The number of fused-ring (bicyclic) bond motifs is 2. The lowest BCUT2D eigenvalue weighted by Crippen LogP contribution is -2.56. The van der Waals surface area contributed by atoms with E-state index in [4.69, 9.17) is 4.74 Å². The summed E-state index contributed by atoms with van der Waals surface area (Å²) in [5.41, 5.74) is 0.183. The fourth-order valence-corrected chi connectivity index (χ4v) is 4.44. The van der Waals surface area contributed by atoms with Gasteiger partial charge in [0.25, 0.3) is 0 Å². The van der Waals surface area contributed by atoms with Crippen LogP contribution in [0.25, 0.3) is 0 Å². The second-order valence-corrected chi connectivity index (χ2v) is 8.25. The number of amides is 1. The predicted octanol–water partition coefficient (Wildman–Crippen LogP) is 3.25. The third-order valence-corrected chi connectivity index (χ3v) is 5.45. The standard InChI is InChI=1S/C21H25NO4/c1-12-10-14(11-23)13(2)21(17(12)18(24)26-20(3,4)5)15-8-6-7-9-16(15)22-19(21)25/h6-13,17H,1-5H3,(H,22,25)/t12-,13-,17-,21+/m0/s1. The highest BCUT2D eigenvalue weighted by molar-refractivity contribution is 6.10. The van der Waals surface area contributed by atoms with E-state index in [2.05, 4.69) is 5.32 Å². The van der Waals surface area contributed by atoms with Gasteiger partial charge in [-0.25, -0.2) is 0 Å². The minimum absolute atomic E-state index is 0.249. The lowest BCUT2D eigenvalue weighted by atomic mass is 9.55. The fraction of sp³-hybridized carbons (Fsp3) is 0.476. The van der Waals surface area contributed by atoms with Crippen molar-refractivity contribution in [3.8, 4) is 0 Å². The van der Waals surface area contributed by atoms with Crippen LogP contribution in [0.1, 0.15) is 40.2 Å². The number of esters is 1. The Hall–Kier alpha value is -2.43. The van der Waals surface area contributed by atoms with Gasteiger partial charge in [0.05, 0.1) is 11.3 Å². The van der Waals surface area contributed by atoms with Crippen LogP contribution in [0.3, 0.4) is 0 Å². The molecule has 1 heterocycles. The molecule has 5 heteroatoms. The first-order valence-corrected chi connectivity index (χ1v) is 8.93. The number of hydrogen-bond acceptors (Lipinski definition) is 4. The van der Waals surface area contributed by atoms with Crippen LogP contribution in [0, 0.1) is 17.8 Å². The first-order valence-electron chi connectivity index (χ1n) is 8.93. The summed E-state index contributed by atoms with van der Waals surface area (Å²) < 4.78 is 5.68. The Labute approximate surface area is 153 Å². The van der Waals surface area contributed by atoms with Crippen LogP contribution < -0.4 is 5.32 Å². The molecule has 0 aromatic heterocycles. The number of benzene rings is 1. The lowest BCUT2D eigenvalue weighted by molar-refractivity contribution is -0.167. The monoisotopic (exact) mass is 355 g/mol. The molecule has 1 N–H and O–H groups in total. The number of aldehydes is 1. The van der Waals surface area contributed by atoms with Crippen molar-refractivity contribution in [1.29, 1.82) is 0 Å². The molecular weight excluding hydrogens is 330 g/mol. The van der Waals surface area contributed by atoms with Gasteiger partial charge in [0.2, 0.25) is 5.91 Å². The van der Waals surface area contributed by atoms with E-state index in [1.54, 1.807) is 6.08 Å². The molecule has 0 saturated heterocycles. The number of nitrogens with one attached hydrogen (secondary N) is 1. The highest BCUT2D eigenvalue weighted by Crippen LogP contribution is 2.55. The summed E-state index contributed by atoms with van der Waals surface area (Å²) in [6.45, 7) is 9.13. The van der Waals surface area contributed by atoms with E-state index in [0.717, 1.165) is 11.8 Å². The number of allylic oxidation sites excluding steroid dienone is 2. The molecule has 0 unspecified atom stereocenters. The maximum atomic E-state index is 13.2. The number of para-hydroxylation sites is 1. The van der Waals surface area contributed by atoms with Gasteiger partial charge in [0.1, 0.15) is 11.9 Å². The smallest absolute Gasteiger partial charge is 0.311 e. The quantitative estimate of drug-likeness (QED) is 0.653. The van der Waals surface area contributed by atoms with Gasteiger partial charge in [0, 0.05) is 11.6 Å². The van der Waals surface area contributed by atoms with Gasteiger partial charge >= 0.3 is 5.97 Å². The van der Waals surface area contributed by atoms with Crippen molar-refractivity contribution in [2.24, 2.45) is 17.8 Å². The number of hydrogen-bond donors (Lipinski definition) is 1. The number of carbonyl (C=O) groups is 3. The van der Waals surface area contributed by atoms with E-state index in [0.29, 0.717) is 11.3 Å². The Kier molecular flexibility index (Phi) is 4.29. The Bertz CT molecular complexity index is 804. The predicted molar refractivity (Wildman–Crippen MR) is 98.6 cm³/mol. The third kappa shape index (κ3) is 2.57. The van der Waals surface area contributed by atoms with Gasteiger partial charge < -0.3 is 10.1 Å². The Balaban J connectivity index is 2.24. The van der Waals surface area contributed by atoms with Crippen molar-refractivity contribution in [3.63, 3.8) is 0 Å². The molecule has 1 aliphatic carbocycles. The van der Waals surface area contributed by atoms with E-state index < -0.39 is 28.8 Å². The van der Waals surface area contributed by atoms with Gasteiger partial charge in [-0.3, -0.25) is 14.4 Å². The average molecular weight is 355 g/mol. The number of ether oxygens (including phenoxy) is 1. The molecule has 3 rings (SSSR count). The van der Waals surface area contributed by atoms with Crippen molar-refractivity contribution in [2.45, 2.75) is 45.6 Å². The van der Waals surface area contributed by atoms with Crippen LogP contribution in [0.5, 0.6) is 0 Å². The minimum atomic E-state index is -1.15.